The monoisotopic (exact) mass is 246 g/mol. The maximum absolute atomic E-state index is 11.4. The van der Waals surface area contributed by atoms with Crippen LogP contribution in [0.25, 0.3) is 0 Å². The number of benzene rings is 1. The van der Waals surface area contributed by atoms with Crippen LogP contribution in [0.3, 0.4) is 0 Å². The molecule has 0 aromatic heterocycles. The lowest BCUT2D eigenvalue weighted by Gasteiger charge is -2.16. The molecule has 0 aliphatic rings. The first kappa shape index (κ1) is 14.1. The van der Waals surface area contributed by atoms with Crippen LogP contribution >= 0.6 is 0 Å². The summed E-state index contributed by atoms with van der Waals surface area (Å²) in [6, 6.07) is 9.59. The minimum Gasteiger partial charge on any atom is -0.492 e. The molecule has 0 radical (unpaired) electrons. The van der Waals surface area contributed by atoms with Crippen molar-refractivity contribution < 1.29 is 9.53 Å². The van der Waals surface area contributed by atoms with Gasteiger partial charge >= 0.3 is 0 Å². The van der Waals surface area contributed by atoms with Crippen molar-refractivity contribution in [3.63, 3.8) is 0 Å². The lowest BCUT2D eigenvalue weighted by molar-refractivity contribution is -0.121. The second-order valence-corrected chi connectivity index (χ2v) is 3.88. The summed E-state index contributed by atoms with van der Waals surface area (Å²) in [6.45, 7) is 1.81. The highest BCUT2D eigenvalue weighted by molar-refractivity contribution is 5.78. The van der Waals surface area contributed by atoms with E-state index < -0.39 is 0 Å². The number of carbonyl (C=O) groups is 1. The van der Waals surface area contributed by atoms with Crippen molar-refractivity contribution in [3.05, 3.63) is 30.3 Å². The molecule has 0 unspecified atom stereocenters. The van der Waals surface area contributed by atoms with Crippen LogP contribution in [0.4, 0.5) is 0 Å². The first-order valence-corrected chi connectivity index (χ1v) is 5.79. The van der Waals surface area contributed by atoms with Crippen LogP contribution < -0.4 is 10.1 Å². The molecular formula is C14H18N2O2. The molecule has 96 valence electrons. The van der Waals surface area contributed by atoms with E-state index in [9.17, 15) is 4.79 Å². The molecule has 1 aromatic rings. The van der Waals surface area contributed by atoms with Gasteiger partial charge in [0.15, 0.2) is 0 Å². The molecule has 0 saturated heterocycles. The maximum Gasteiger partial charge on any atom is 0.234 e. The third-order valence-electron chi connectivity index (χ3n) is 2.29. The number of terminal acetylenes is 1. The first-order chi connectivity index (χ1) is 8.72. The number of amides is 1. The van der Waals surface area contributed by atoms with Crippen molar-refractivity contribution in [2.45, 2.75) is 0 Å². The van der Waals surface area contributed by atoms with E-state index in [1.54, 1.807) is 0 Å². The van der Waals surface area contributed by atoms with Gasteiger partial charge in [0.25, 0.3) is 0 Å². The Morgan fingerprint density at radius 3 is 2.83 bits per heavy atom. The fourth-order valence-corrected chi connectivity index (χ4v) is 1.37. The third kappa shape index (κ3) is 5.92. The van der Waals surface area contributed by atoms with Crippen LogP contribution in [0.15, 0.2) is 30.3 Å². The molecule has 0 fully saturated rings. The van der Waals surface area contributed by atoms with E-state index in [0.29, 0.717) is 19.7 Å². The van der Waals surface area contributed by atoms with E-state index in [1.165, 1.54) is 0 Å². The number of rotatable bonds is 7. The average Bonchev–Trinajstić information content (AvgIpc) is 2.37. The van der Waals surface area contributed by atoms with Crippen LogP contribution in [-0.4, -0.2) is 44.1 Å². The van der Waals surface area contributed by atoms with Crippen molar-refractivity contribution in [1.82, 2.24) is 10.2 Å². The molecule has 1 aromatic carbocycles. The number of nitrogens with one attached hydrogen (secondary N) is 1. The number of hydrogen-bond donors (Lipinski definition) is 1. The normalized spacial score (nSPS) is 9.83. The van der Waals surface area contributed by atoms with Crippen molar-refractivity contribution in [2.75, 3.05) is 33.3 Å². The summed E-state index contributed by atoms with van der Waals surface area (Å²) in [4.78, 5) is 13.2. The lowest BCUT2D eigenvalue weighted by Crippen LogP contribution is -2.37. The summed E-state index contributed by atoms with van der Waals surface area (Å²) in [5.74, 6) is 3.12. The molecule has 4 heteroatoms. The zero-order valence-electron chi connectivity index (χ0n) is 10.6. The number of para-hydroxylation sites is 1. The van der Waals surface area contributed by atoms with Gasteiger partial charge in [-0.15, -0.1) is 6.42 Å². The molecule has 1 N–H and O–H groups in total. The van der Waals surface area contributed by atoms with Crippen molar-refractivity contribution in [1.29, 1.82) is 0 Å². The summed E-state index contributed by atoms with van der Waals surface area (Å²) < 4.78 is 5.53. The van der Waals surface area contributed by atoms with Crippen LogP contribution in [0, 0.1) is 12.3 Å². The smallest absolute Gasteiger partial charge is 0.234 e. The minimum absolute atomic E-state index is 0.0739. The van der Waals surface area contributed by atoms with E-state index >= 15 is 0 Å². The average molecular weight is 246 g/mol. The van der Waals surface area contributed by atoms with E-state index in [2.05, 4.69) is 11.2 Å². The molecule has 0 atom stereocenters. The van der Waals surface area contributed by atoms with Gasteiger partial charge in [-0.25, -0.2) is 0 Å². The summed E-state index contributed by atoms with van der Waals surface area (Å²) in [5, 5.41) is 2.61. The minimum atomic E-state index is -0.0739. The van der Waals surface area contributed by atoms with Crippen LogP contribution in [0.1, 0.15) is 0 Å². The number of hydrogen-bond acceptors (Lipinski definition) is 3. The second kappa shape index (κ2) is 8.15. The largest absolute Gasteiger partial charge is 0.492 e. The Morgan fingerprint density at radius 1 is 1.44 bits per heavy atom. The summed E-state index contributed by atoms with van der Waals surface area (Å²) >= 11 is 0. The van der Waals surface area contributed by atoms with Crippen molar-refractivity contribution >= 4 is 5.91 Å². The Balaban J connectivity index is 2.16. The van der Waals surface area contributed by atoms with Gasteiger partial charge in [-0.2, -0.15) is 0 Å². The molecule has 1 rings (SSSR count). The highest BCUT2D eigenvalue weighted by Gasteiger charge is 2.05. The zero-order valence-corrected chi connectivity index (χ0v) is 10.6. The standard InChI is InChI=1S/C14H18N2O2/c1-3-9-15-14(17)12-16(2)10-11-18-13-7-5-4-6-8-13/h1,4-8H,9-12H2,2H3,(H,15,17). The molecule has 0 bridgehead atoms. The van der Waals surface area contributed by atoms with E-state index in [0.717, 1.165) is 5.75 Å². The predicted octanol–water partition coefficient (Wildman–Crippen LogP) is 0.747. The van der Waals surface area contributed by atoms with Gasteiger partial charge in [0.2, 0.25) is 5.91 Å². The molecule has 0 spiro atoms. The van der Waals surface area contributed by atoms with Gasteiger partial charge in [0.1, 0.15) is 12.4 Å². The van der Waals surface area contributed by atoms with E-state index in [1.807, 2.05) is 42.3 Å². The van der Waals surface area contributed by atoms with Gasteiger partial charge in [0, 0.05) is 6.54 Å². The predicted molar refractivity (Wildman–Crippen MR) is 71.3 cm³/mol. The van der Waals surface area contributed by atoms with Crippen LogP contribution in [0.2, 0.25) is 0 Å². The molecule has 18 heavy (non-hydrogen) atoms. The summed E-state index contributed by atoms with van der Waals surface area (Å²) in [6.07, 6.45) is 5.05. The molecule has 0 saturated carbocycles. The van der Waals surface area contributed by atoms with E-state index in [-0.39, 0.29) is 12.5 Å². The highest BCUT2D eigenvalue weighted by Crippen LogP contribution is 2.07. The SMILES string of the molecule is C#CCNC(=O)CN(C)CCOc1ccccc1. The number of nitrogens with zero attached hydrogens (tertiary/aromatic N) is 1. The van der Waals surface area contributed by atoms with Gasteiger partial charge in [0.05, 0.1) is 13.1 Å². The molecule has 1 amide bonds. The van der Waals surface area contributed by atoms with Crippen molar-refractivity contribution in [3.8, 4) is 18.1 Å². The maximum atomic E-state index is 11.4. The number of carbonyl (C=O) groups excluding carboxylic acids is 1. The Hall–Kier alpha value is -1.99. The number of likely N-dealkylation sites (N-methyl/N-ethyl adjacent to an activating group) is 1. The van der Waals surface area contributed by atoms with Gasteiger partial charge in [-0.05, 0) is 19.2 Å². The second-order valence-electron chi connectivity index (χ2n) is 3.88. The molecule has 0 aliphatic carbocycles. The molecule has 0 aliphatic heterocycles. The molecule has 4 nitrogen and oxygen atoms in total. The topological polar surface area (TPSA) is 41.6 Å². The van der Waals surface area contributed by atoms with Gasteiger partial charge < -0.3 is 10.1 Å². The summed E-state index contributed by atoms with van der Waals surface area (Å²) in [7, 11) is 1.86. The van der Waals surface area contributed by atoms with Gasteiger partial charge in [-0.3, -0.25) is 9.69 Å². The first-order valence-electron chi connectivity index (χ1n) is 5.79. The van der Waals surface area contributed by atoms with Crippen LogP contribution in [-0.2, 0) is 4.79 Å². The Kier molecular flexibility index (Phi) is 6.37. The van der Waals surface area contributed by atoms with E-state index in [4.69, 9.17) is 11.2 Å². The Labute approximate surface area is 108 Å². The fourth-order valence-electron chi connectivity index (χ4n) is 1.37. The fraction of sp³-hybridized carbons (Fsp3) is 0.357. The zero-order chi connectivity index (χ0) is 13.2. The quantitative estimate of drug-likeness (QED) is 0.722. The molecular weight excluding hydrogens is 228 g/mol. The lowest BCUT2D eigenvalue weighted by atomic mass is 10.3. The van der Waals surface area contributed by atoms with Gasteiger partial charge in [-0.1, -0.05) is 24.1 Å². The number of ether oxygens (including phenoxy) is 1. The highest BCUT2D eigenvalue weighted by atomic mass is 16.5. The molecule has 0 heterocycles. The Morgan fingerprint density at radius 2 is 2.17 bits per heavy atom. The Bertz CT molecular complexity index is 398. The summed E-state index contributed by atoms with van der Waals surface area (Å²) in [5.41, 5.74) is 0. The van der Waals surface area contributed by atoms with Crippen LogP contribution in [0.5, 0.6) is 5.75 Å². The third-order valence-corrected chi connectivity index (χ3v) is 2.29. The van der Waals surface area contributed by atoms with Crippen molar-refractivity contribution in [2.24, 2.45) is 0 Å².